The molecule has 0 aromatic heterocycles. The van der Waals surface area contributed by atoms with Gasteiger partial charge in [-0.25, -0.2) is 8.42 Å². The predicted octanol–water partition coefficient (Wildman–Crippen LogP) is 2.46. The van der Waals surface area contributed by atoms with E-state index in [1.807, 2.05) is 0 Å². The molecular formula is C14H16ClF3N2O3S. The second-order valence-electron chi connectivity index (χ2n) is 5.54. The lowest BCUT2D eigenvalue weighted by molar-refractivity contribution is -0.137. The second kappa shape index (κ2) is 7.28. The van der Waals surface area contributed by atoms with E-state index in [4.69, 9.17) is 11.6 Å². The van der Waals surface area contributed by atoms with E-state index >= 15 is 0 Å². The Kier molecular flexibility index (Phi) is 5.77. The highest BCUT2D eigenvalue weighted by Crippen LogP contribution is 2.36. The van der Waals surface area contributed by atoms with Crippen molar-refractivity contribution in [2.24, 2.45) is 0 Å². The van der Waals surface area contributed by atoms with E-state index in [1.54, 1.807) is 0 Å². The molecule has 0 bridgehead atoms. The first kappa shape index (κ1) is 19.0. The molecule has 24 heavy (non-hydrogen) atoms. The Balaban J connectivity index is 1.89. The van der Waals surface area contributed by atoms with Gasteiger partial charge >= 0.3 is 6.18 Å². The zero-order valence-corrected chi connectivity index (χ0v) is 14.1. The molecule has 0 saturated carbocycles. The van der Waals surface area contributed by atoms with Gasteiger partial charge < -0.3 is 10.6 Å². The van der Waals surface area contributed by atoms with Crippen LogP contribution in [0.4, 0.5) is 18.9 Å². The van der Waals surface area contributed by atoms with Crippen LogP contribution in [0, 0.1) is 0 Å². The third kappa shape index (κ3) is 5.35. The summed E-state index contributed by atoms with van der Waals surface area (Å²) in [7, 11) is -3.02. The first-order valence-electron chi connectivity index (χ1n) is 7.17. The van der Waals surface area contributed by atoms with E-state index in [1.165, 1.54) is 6.07 Å². The summed E-state index contributed by atoms with van der Waals surface area (Å²) >= 11 is 5.57. The fraction of sp³-hybridized carbons (Fsp3) is 0.500. The molecule has 1 aromatic carbocycles. The molecule has 1 heterocycles. The molecule has 5 nitrogen and oxygen atoms in total. The van der Waals surface area contributed by atoms with Crippen LogP contribution in [0.1, 0.15) is 18.4 Å². The number of sulfone groups is 1. The van der Waals surface area contributed by atoms with Crippen LogP contribution in [-0.2, 0) is 20.8 Å². The van der Waals surface area contributed by atoms with E-state index < -0.39 is 27.5 Å². The van der Waals surface area contributed by atoms with Gasteiger partial charge in [0.2, 0.25) is 5.91 Å². The lowest BCUT2D eigenvalue weighted by Crippen LogP contribution is -2.32. The molecule has 0 radical (unpaired) electrons. The maximum Gasteiger partial charge on any atom is 0.418 e. The predicted molar refractivity (Wildman–Crippen MR) is 84.8 cm³/mol. The van der Waals surface area contributed by atoms with Crippen molar-refractivity contribution in [3.63, 3.8) is 0 Å². The minimum Gasteiger partial charge on any atom is -0.325 e. The van der Waals surface area contributed by atoms with Crippen molar-refractivity contribution in [1.29, 1.82) is 0 Å². The van der Waals surface area contributed by atoms with Crippen molar-refractivity contribution in [1.82, 2.24) is 5.32 Å². The van der Waals surface area contributed by atoms with E-state index in [-0.39, 0.29) is 41.2 Å². The van der Waals surface area contributed by atoms with Crippen molar-refractivity contribution in [3.05, 3.63) is 28.8 Å². The van der Waals surface area contributed by atoms with Gasteiger partial charge in [0.15, 0.2) is 9.84 Å². The number of amides is 1. The van der Waals surface area contributed by atoms with Gasteiger partial charge in [-0.1, -0.05) is 11.6 Å². The molecule has 0 spiro atoms. The second-order valence-corrected chi connectivity index (χ2v) is 8.21. The van der Waals surface area contributed by atoms with E-state index in [0.29, 0.717) is 6.42 Å². The van der Waals surface area contributed by atoms with Gasteiger partial charge in [0.1, 0.15) is 0 Å². The van der Waals surface area contributed by atoms with Crippen molar-refractivity contribution >= 4 is 33.0 Å². The minimum absolute atomic E-state index is 0.0179. The highest BCUT2D eigenvalue weighted by Gasteiger charge is 2.34. The molecule has 2 N–H and O–H groups in total. The molecule has 10 heteroatoms. The van der Waals surface area contributed by atoms with Crippen LogP contribution in [0.25, 0.3) is 0 Å². The molecule has 1 unspecified atom stereocenters. The highest BCUT2D eigenvalue weighted by molar-refractivity contribution is 7.91. The molecule has 1 aliphatic rings. The number of nitrogens with one attached hydrogen (secondary N) is 2. The SMILES string of the molecule is O=C(CCNC1CCS(=O)(=O)C1)Nc1ccc(Cl)cc1C(F)(F)F. The minimum atomic E-state index is -4.63. The Labute approximate surface area is 142 Å². The van der Waals surface area contributed by atoms with E-state index in [2.05, 4.69) is 10.6 Å². The summed E-state index contributed by atoms with van der Waals surface area (Å²) in [5.41, 5.74) is -1.38. The van der Waals surface area contributed by atoms with Crippen molar-refractivity contribution < 1.29 is 26.4 Å². The van der Waals surface area contributed by atoms with Gasteiger partial charge in [0.05, 0.1) is 22.8 Å². The molecule has 1 fully saturated rings. The molecule has 1 amide bonds. The lowest BCUT2D eigenvalue weighted by atomic mass is 10.1. The van der Waals surface area contributed by atoms with Crippen LogP contribution < -0.4 is 10.6 Å². The first-order valence-corrected chi connectivity index (χ1v) is 9.37. The normalized spacial score (nSPS) is 20.1. The summed E-state index contributed by atoms with van der Waals surface area (Å²) in [5.74, 6) is -0.475. The summed E-state index contributed by atoms with van der Waals surface area (Å²) in [5, 5.41) is 5.06. The number of carbonyl (C=O) groups excluding carboxylic acids is 1. The molecule has 1 atom stereocenters. The van der Waals surface area contributed by atoms with Gasteiger partial charge in [0, 0.05) is 24.0 Å². The molecule has 1 saturated heterocycles. The smallest absolute Gasteiger partial charge is 0.325 e. The first-order chi connectivity index (χ1) is 11.1. The average molecular weight is 385 g/mol. The maximum absolute atomic E-state index is 12.9. The topological polar surface area (TPSA) is 75.3 Å². The number of hydrogen-bond donors (Lipinski definition) is 2. The summed E-state index contributed by atoms with van der Waals surface area (Å²) in [6, 6.07) is 2.89. The van der Waals surface area contributed by atoms with Gasteiger partial charge in [-0.05, 0) is 24.6 Å². The van der Waals surface area contributed by atoms with E-state index in [0.717, 1.165) is 12.1 Å². The average Bonchev–Trinajstić information content (AvgIpc) is 2.79. The number of halogens is 4. The Morgan fingerprint density at radius 2 is 2.04 bits per heavy atom. The zero-order valence-electron chi connectivity index (χ0n) is 12.5. The summed E-state index contributed by atoms with van der Waals surface area (Å²) < 4.78 is 61.4. The summed E-state index contributed by atoms with van der Waals surface area (Å²) in [4.78, 5) is 11.8. The van der Waals surface area contributed by atoms with Crippen molar-refractivity contribution in [3.8, 4) is 0 Å². The fourth-order valence-corrected chi connectivity index (χ4v) is 4.30. The third-order valence-electron chi connectivity index (χ3n) is 3.58. The van der Waals surface area contributed by atoms with Crippen LogP contribution >= 0.6 is 11.6 Å². The van der Waals surface area contributed by atoms with Gasteiger partial charge in [0.25, 0.3) is 0 Å². The fourth-order valence-electron chi connectivity index (χ4n) is 2.42. The van der Waals surface area contributed by atoms with Crippen LogP contribution in [0.15, 0.2) is 18.2 Å². The van der Waals surface area contributed by atoms with Gasteiger partial charge in [-0.15, -0.1) is 0 Å². The monoisotopic (exact) mass is 384 g/mol. The third-order valence-corrected chi connectivity index (χ3v) is 5.58. The summed E-state index contributed by atoms with van der Waals surface area (Å²) in [6.45, 7) is 0.182. The van der Waals surface area contributed by atoms with Gasteiger partial charge in [-0.3, -0.25) is 4.79 Å². The van der Waals surface area contributed by atoms with Crippen LogP contribution in [-0.4, -0.2) is 38.4 Å². The van der Waals surface area contributed by atoms with Crippen molar-refractivity contribution in [2.45, 2.75) is 25.1 Å². The largest absolute Gasteiger partial charge is 0.418 e. The van der Waals surface area contributed by atoms with Crippen LogP contribution in [0.5, 0.6) is 0 Å². The molecule has 134 valence electrons. The Bertz CT molecular complexity index is 722. The number of alkyl halides is 3. The maximum atomic E-state index is 12.9. The Morgan fingerprint density at radius 3 is 2.62 bits per heavy atom. The number of benzene rings is 1. The standard InChI is InChI=1S/C14H16ClF3N2O3S/c15-9-1-2-12(11(7-9)14(16,17)18)20-13(21)3-5-19-10-4-6-24(22,23)8-10/h1-2,7,10,19H,3-6,8H2,(H,20,21). The zero-order chi connectivity index (χ0) is 18.0. The number of carbonyl (C=O) groups is 1. The number of hydrogen-bond acceptors (Lipinski definition) is 4. The molecule has 1 aliphatic heterocycles. The van der Waals surface area contributed by atoms with Crippen LogP contribution in [0.3, 0.4) is 0 Å². The van der Waals surface area contributed by atoms with Gasteiger partial charge in [-0.2, -0.15) is 13.2 Å². The molecule has 1 aromatic rings. The number of anilines is 1. The summed E-state index contributed by atoms with van der Waals surface area (Å²) in [6.07, 6.45) is -4.24. The highest BCUT2D eigenvalue weighted by atomic mass is 35.5. The van der Waals surface area contributed by atoms with E-state index in [9.17, 15) is 26.4 Å². The number of rotatable bonds is 5. The Morgan fingerprint density at radius 1 is 1.33 bits per heavy atom. The lowest BCUT2D eigenvalue weighted by Gasteiger charge is -2.15. The molecule has 0 aliphatic carbocycles. The molecular weight excluding hydrogens is 369 g/mol. The molecule has 2 rings (SSSR count). The quantitative estimate of drug-likeness (QED) is 0.817. The Hall–Kier alpha value is -1.32. The van der Waals surface area contributed by atoms with Crippen LogP contribution in [0.2, 0.25) is 5.02 Å². The van der Waals surface area contributed by atoms with Crippen molar-refractivity contribution in [2.75, 3.05) is 23.4 Å².